The van der Waals surface area contributed by atoms with Gasteiger partial charge in [0.2, 0.25) is 0 Å². The van der Waals surface area contributed by atoms with Crippen LogP contribution in [0.3, 0.4) is 0 Å². The predicted octanol–water partition coefficient (Wildman–Crippen LogP) is 3.78. The molecular weight excluding hydrogens is 385 g/mol. The highest BCUT2D eigenvalue weighted by molar-refractivity contribution is 7.93. The lowest BCUT2D eigenvalue weighted by atomic mass is 9.78. The van der Waals surface area contributed by atoms with E-state index < -0.39 is 9.73 Å². The maximum atomic E-state index is 12.7. The molecule has 0 atom stereocenters. The predicted molar refractivity (Wildman–Crippen MR) is 118 cm³/mol. The fourth-order valence-corrected chi connectivity index (χ4v) is 5.04. The first-order valence-electron chi connectivity index (χ1n) is 10.0. The average molecular weight is 413 g/mol. The molecule has 2 aromatic carbocycles. The molecule has 2 fully saturated rings. The van der Waals surface area contributed by atoms with E-state index in [9.17, 15) is 4.21 Å². The van der Waals surface area contributed by atoms with Gasteiger partial charge in [-0.25, -0.2) is 4.21 Å². The van der Waals surface area contributed by atoms with Crippen molar-refractivity contribution in [2.45, 2.75) is 38.9 Å². The molecule has 2 aliphatic rings. The van der Waals surface area contributed by atoms with Gasteiger partial charge >= 0.3 is 7.12 Å². The Morgan fingerprint density at radius 2 is 1.31 bits per heavy atom. The highest BCUT2D eigenvalue weighted by Gasteiger charge is 2.51. The molecule has 0 aliphatic carbocycles. The van der Waals surface area contributed by atoms with Crippen LogP contribution >= 0.6 is 0 Å². The van der Waals surface area contributed by atoms with Crippen LogP contribution in [0.15, 0.2) is 52.9 Å². The van der Waals surface area contributed by atoms with E-state index in [1.165, 1.54) is 0 Å². The zero-order valence-corrected chi connectivity index (χ0v) is 18.3. The molecule has 0 aromatic heterocycles. The van der Waals surface area contributed by atoms with Crippen LogP contribution in [0.4, 0.5) is 5.69 Å². The standard InChI is InChI=1S/C22H28BNO4S/c1-21(2)22(3,4)28-23(27-21)19-9-5-17(6-10-19)18-7-11-20(12-8-18)24-29(25)15-13-26-14-16-29/h5-12H,13-16H2,1-4H3. The molecular formula is C22H28BNO4S. The lowest BCUT2D eigenvalue weighted by Gasteiger charge is -2.32. The first kappa shape index (κ1) is 20.6. The van der Waals surface area contributed by atoms with Crippen LogP contribution in [0, 0.1) is 0 Å². The highest BCUT2D eigenvalue weighted by atomic mass is 32.2. The van der Waals surface area contributed by atoms with Gasteiger partial charge in [-0.1, -0.05) is 36.4 Å². The van der Waals surface area contributed by atoms with Gasteiger partial charge < -0.3 is 14.0 Å². The van der Waals surface area contributed by atoms with Gasteiger partial charge in [0.05, 0.1) is 51.3 Å². The van der Waals surface area contributed by atoms with Gasteiger partial charge in [-0.3, -0.25) is 0 Å². The van der Waals surface area contributed by atoms with Crippen molar-refractivity contribution in [3.05, 3.63) is 48.5 Å². The Morgan fingerprint density at radius 1 is 0.828 bits per heavy atom. The van der Waals surface area contributed by atoms with Crippen molar-refractivity contribution < 1.29 is 18.3 Å². The molecule has 2 aliphatic heterocycles. The second-order valence-electron chi connectivity index (χ2n) is 8.64. The van der Waals surface area contributed by atoms with Crippen LogP contribution in [0.5, 0.6) is 0 Å². The fraction of sp³-hybridized carbons (Fsp3) is 0.455. The van der Waals surface area contributed by atoms with Crippen molar-refractivity contribution in [2.24, 2.45) is 4.36 Å². The summed E-state index contributed by atoms with van der Waals surface area (Å²) in [6.45, 7) is 9.28. The van der Waals surface area contributed by atoms with Crippen LogP contribution in [-0.4, -0.2) is 47.2 Å². The number of nitrogens with zero attached hydrogens (tertiary/aromatic N) is 1. The second kappa shape index (κ2) is 7.54. The molecule has 154 valence electrons. The molecule has 2 heterocycles. The topological polar surface area (TPSA) is 57.1 Å². The summed E-state index contributed by atoms with van der Waals surface area (Å²) in [7, 11) is -2.54. The molecule has 2 aromatic rings. The second-order valence-corrected chi connectivity index (χ2v) is 11.2. The van der Waals surface area contributed by atoms with Gasteiger partial charge in [0.25, 0.3) is 0 Å². The summed E-state index contributed by atoms with van der Waals surface area (Å²) in [6, 6.07) is 16.1. The van der Waals surface area contributed by atoms with Crippen LogP contribution in [0.25, 0.3) is 11.1 Å². The molecule has 0 radical (unpaired) electrons. The summed E-state index contributed by atoms with van der Waals surface area (Å²) in [5.74, 6) is 1.02. The van der Waals surface area contributed by atoms with Crippen LogP contribution in [-0.2, 0) is 23.8 Å². The first-order chi connectivity index (χ1) is 13.7. The number of hydrogen-bond donors (Lipinski definition) is 0. The zero-order chi connectivity index (χ0) is 20.7. The Labute approximate surface area is 174 Å². The van der Waals surface area contributed by atoms with Crippen LogP contribution < -0.4 is 5.46 Å². The van der Waals surface area contributed by atoms with Crippen LogP contribution in [0.2, 0.25) is 0 Å². The SMILES string of the molecule is CC1(C)OB(c2ccc(-c3ccc(N=S4(=O)CCOCC4)cc3)cc2)OC1(C)C. The fourth-order valence-electron chi connectivity index (χ4n) is 3.39. The van der Waals surface area contributed by atoms with E-state index >= 15 is 0 Å². The van der Waals surface area contributed by atoms with E-state index in [1.807, 2.05) is 24.3 Å². The van der Waals surface area contributed by atoms with E-state index in [0.29, 0.717) is 24.7 Å². The minimum absolute atomic E-state index is 0.346. The zero-order valence-electron chi connectivity index (χ0n) is 17.5. The largest absolute Gasteiger partial charge is 0.494 e. The monoisotopic (exact) mass is 413 g/mol. The Bertz CT molecular complexity index is 964. The van der Waals surface area contributed by atoms with Gasteiger partial charge in [0.15, 0.2) is 0 Å². The summed E-state index contributed by atoms with van der Waals surface area (Å²) in [5, 5.41) is 0. The average Bonchev–Trinajstić information content (AvgIpc) is 2.90. The molecule has 7 heteroatoms. The highest BCUT2D eigenvalue weighted by Crippen LogP contribution is 2.36. The lowest BCUT2D eigenvalue weighted by molar-refractivity contribution is 0.00578. The van der Waals surface area contributed by atoms with Crippen molar-refractivity contribution >= 4 is 28.0 Å². The number of rotatable bonds is 3. The quantitative estimate of drug-likeness (QED) is 0.719. The third-order valence-corrected chi connectivity index (χ3v) is 8.15. The molecule has 2 saturated heterocycles. The van der Waals surface area contributed by atoms with E-state index in [-0.39, 0.29) is 18.3 Å². The lowest BCUT2D eigenvalue weighted by Crippen LogP contribution is -2.41. The summed E-state index contributed by atoms with van der Waals surface area (Å²) < 4.78 is 34.7. The number of hydrogen-bond acceptors (Lipinski definition) is 5. The van der Waals surface area contributed by atoms with Gasteiger partial charge in [-0.15, -0.1) is 0 Å². The molecule has 0 bridgehead atoms. The van der Waals surface area contributed by atoms with Crippen molar-refractivity contribution in [1.29, 1.82) is 0 Å². The van der Waals surface area contributed by atoms with Gasteiger partial charge in [-0.05, 0) is 56.4 Å². The van der Waals surface area contributed by atoms with Gasteiger partial charge in [0.1, 0.15) is 0 Å². The third-order valence-electron chi connectivity index (χ3n) is 6.00. The third kappa shape index (κ3) is 4.28. The maximum Gasteiger partial charge on any atom is 0.494 e. The maximum absolute atomic E-state index is 12.7. The van der Waals surface area contributed by atoms with Crippen molar-refractivity contribution in [2.75, 3.05) is 24.7 Å². The summed E-state index contributed by atoms with van der Waals surface area (Å²) >= 11 is 0. The molecule has 29 heavy (non-hydrogen) atoms. The van der Waals surface area contributed by atoms with Crippen LogP contribution in [0.1, 0.15) is 27.7 Å². The Morgan fingerprint density at radius 3 is 1.83 bits per heavy atom. The normalized spacial score (nSPS) is 22.4. The molecule has 0 amide bonds. The van der Waals surface area contributed by atoms with E-state index in [1.54, 1.807) is 0 Å². The molecule has 4 rings (SSSR count). The molecule has 5 nitrogen and oxygen atoms in total. The molecule has 0 N–H and O–H groups in total. The van der Waals surface area contributed by atoms with E-state index in [2.05, 4.69) is 56.3 Å². The van der Waals surface area contributed by atoms with E-state index in [4.69, 9.17) is 14.0 Å². The van der Waals surface area contributed by atoms with Crippen molar-refractivity contribution in [3.8, 4) is 11.1 Å². The van der Waals surface area contributed by atoms with Crippen molar-refractivity contribution in [3.63, 3.8) is 0 Å². The Balaban J connectivity index is 1.50. The summed E-state index contributed by atoms with van der Waals surface area (Å²) in [5.41, 5.74) is 3.27. The van der Waals surface area contributed by atoms with Gasteiger partial charge in [-0.2, -0.15) is 4.36 Å². The summed E-state index contributed by atoms with van der Waals surface area (Å²) in [6.07, 6.45) is 0. The van der Waals surface area contributed by atoms with E-state index in [0.717, 1.165) is 22.3 Å². The minimum atomic E-state index is -2.18. The Hall–Kier alpha value is -1.67. The molecule has 0 unspecified atom stereocenters. The number of benzene rings is 2. The van der Waals surface area contributed by atoms with Gasteiger partial charge in [0, 0.05) is 0 Å². The molecule has 0 saturated carbocycles. The Kier molecular flexibility index (Phi) is 5.36. The minimum Gasteiger partial charge on any atom is -0.399 e. The summed E-state index contributed by atoms with van der Waals surface area (Å²) in [4.78, 5) is 0. The molecule has 0 spiro atoms. The van der Waals surface area contributed by atoms with Crippen molar-refractivity contribution in [1.82, 2.24) is 0 Å². The number of ether oxygens (including phenoxy) is 1. The smallest absolute Gasteiger partial charge is 0.399 e. The first-order valence-corrected chi connectivity index (χ1v) is 11.9.